The number of H-pyrrole nitrogens is 1. The van der Waals surface area contributed by atoms with Crippen LogP contribution in [0.15, 0.2) is 83.7 Å². The number of fused-ring (bicyclic) bond motifs is 4. The highest BCUT2D eigenvalue weighted by molar-refractivity contribution is 5.87. The fourth-order valence-corrected chi connectivity index (χ4v) is 7.35. The van der Waals surface area contributed by atoms with E-state index >= 15 is 0 Å². The summed E-state index contributed by atoms with van der Waals surface area (Å²) in [5.41, 5.74) is 0.655. The summed E-state index contributed by atoms with van der Waals surface area (Å²) >= 11 is 0. The van der Waals surface area contributed by atoms with Crippen LogP contribution in [0.2, 0.25) is 0 Å². The maximum Gasteiger partial charge on any atom is 0.408 e. The van der Waals surface area contributed by atoms with Crippen molar-refractivity contribution in [2.24, 2.45) is 5.92 Å². The second-order valence-corrected chi connectivity index (χ2v) is 14.1. The number of carbonyl (C=O) groups is 2. The molecule has 0 saturated carbocycles. The molecule has 12 heteroatoms. The van der Waals surface area contributed by atoms with Crippen molar-refractivity contribution in [3.8, 4) is 11.5 Å². The molecule has 0 radical (unpaired) electrons. The number of aromatic nitrogens is 1. The Kier molecular flexibility index (Phi) is 11.8. The number of alkyl carbamates (subject to hydrolysis) is 1. The Bertz CT molecular complexity index is 1890. The fraction of sp³-hybridized carbons (Fsp3) is 0.425. The number of phenolic OH excluding ortho intramolecular Hbond substituents is 1. The highest BCUT2D eigenvalue weighted by Gasteiger charge is 2.37. The summed E-state index contributed by atoms with van der Waals surface area (Å²) in [6.45, 7) is 5.30. The number of carbonyl (C=O) groups excluding carboxylic acids is 1. The van der Waals surface area contributed by atoms with Crippen molar-refractivity contribution in [2.75, 3.05) is 32.7 Å². The third-order valence-corrected chi connectivity index (χ3v) is 10.3. The van der Waals surface area contributed by atoms with Crippen LogP contribution in [0.1, 0.15) is 74.3 Å². The molecular weight excluding hydrogens is 664 g/mol. The van der Waals surface area contributed by atoms with E-state index in [1.54, 1.807) is 37.3 Å². The Morgan fingerprint density at radius 2 is 1.75 bits per heavy atom. The molecule has 7 rings (SSSR count). The molecule has 2 unspecified atom stereocenters. The van der Waals surface area contributed by atoms with Gasteiger partial charge in [-0.05, 0) is 106 Å². The van der Waals surface area contributed by atoms with Gasteiger partial charge in [-0.25, -0.2) is 9.59 Å². The van der Waals surface area contributed by atoms with Crippen molar-refractivity contribution < 1.29 is 34.4 Å². The van der Waals surface area contributed by atoms with Crippen LogP contribution in [-0.2, 0) is 9.53 Å². The van der Waals surface area contributed by atoms with Gasteiger partial charge in [0.2, 0.25) is 11.2 Å². The van der Waals surface area contributed by atoms with E-state index in [-0.39, 0.29) is 35.9 Å². The monoisotopic (exact) mass is 712 g/mol. The van der Waals surface area contributed by atoms with Gasteiger partial charge in [0, 0.05) is 24.5 Å². The van der Waals surface area contributed by atoms with Crippen LogP contribution < -0.4 is 20.9 Å². The van der Waals surface area contributed by atoms with Crippen LogP contribution in [-0.4, -0.2) is 81.7 Å². The zero-order valence-electron chi connectivity index (χ0n) is 29.4. The third-order valence-electron chi connectivity index (χ3n) is 10.3. The zero-order chi connectivity index (χ0) is 36.7. The minimum absolute atomic E-state index is 0.0632. The van der Waals surface area contributed by atoms with Crippen LogP contribution in [0.3, 0.4) is 0 Å². The number of unbranched alkanes of at least 4 members (excludes halogenated alkanes) is 2. The number of hydrogen-bond donors (Lipinski definition) is 6. The number of carboxylic acids is 1. The van der Waals surface area contributed by atoms with Gasteiger partial charge in [-0.2, -0.15) is 0 Å². The average molecular weight is 713 g/mol. The molecule has 12 nitrogen and oxygen atoms in total. The van der Waals surface area contributed by atoms with E-state index in [1.165, 1.54) is 12.1 Å². The minimum atomic E-state index is -1.48. The lowest BCUT2D eigenvalue weighted by atomic mass is 9.86. The van der Waals surface area contributed by atoms with E-state index in [1.807, 2.05) is 36.4 Å². The first-order valence-corrected chi connectivity index (χ1v) is 18.1. The Labute approximate surface area is 302 Å². The smallest absolute Gasteiger partial charge is 0.408 e. The number of aromatic amines is 1. The lowest BCUT2D eigenvalue weighted by Crippen LogP contribution is -2.52. The summed E-state index contributed by atoms with van der Waals surface area (Å²) in [5.74, 6) is -0.363. The van der Waals surface area contributed by atoms with E-state index < -0.39 is 29.8 Å². The minimum Gasteiger partial charge on any atom is -0.506 e. The summed E-state index contributed by atoms with van der Waals surface area (Å²) < 4.78 is 12.1. The van der Waals surface area contributed by atoms with Gasteiger partial charge >= 0.3 is 12.1 Å². The van der Waals surface area contributed by atoms with E-state index in [4.69, 9.17) is 9.47 Å². The lowest BCUT2D eigenvalue weighted by Gasteiger charge is -2.43. The molecule has 276 valence electrons. The van der Waals surface area contributed by atoms with Gasteiger partial charge in [-0.3, -0.25) is 9.69 Å². The van der Waals surface area contributed by atoms with Crippen LogP contribution in [0.4, 0.5) is 4.79 Å². The van der Waals surface area contributed by atoms with Gasteiger partial charge in [-0.1, -0.05) is 55.0 Å². The number of piperidine rings is 3. The summed E-state index contributed by atoms with van der Waals surface area (Å²) in [6, 6.07) is 22.3. The summed E-state index contributed by atoms with van der Waals surface area (Å²) in [5, 5.41) is 38.0. The molecule has 4 aromatic rings. The number of aliphatic hydroxyl groups is 1. The number of benzene rings is 3. The molecule has 0 spiro atoms. The van der Waals surface area contributed by atoms with E-state index in [0.717, 1.165) is 56.4 Å². The number of carboxylic acid groups (broad SMARTS) is 1. The number of phenols is 1. The van der Waals surface area contributed by atoms with Crippen LogP contribution in [0.25, 0.3) is 10.9 Å². The number of aliphatic carboxylic acids is 1. The van der Waals surface area contributed by atoms with Gasteiger partial charge in [0.1, 0.15) is 17.6 Å². The first kappa shape index (κ1) is 36.9. The quantitative estimate of drug-likeness (QED) is 0.0843. The molecule has 0 aliphatic carbocycles. The molecule has 1 amide bonds. The van der Waals surface area contributed by atoms with E-state index in [0.29, 0.717) is 35.6 Å². The summed E-state index contributed by atoms with van der Waals surface area (Å²) in [6.07, 6.45) is 2.96. The number of nitrogens with zero attached hydrogens (tertiary/aromatic N) is 1. The van der Waals surface area contributed by atoms with Crippen molar-refractivity contribution in [3.63, 3.8) is 0 Å². The first-order chi connectivity index (χ1) is 25.1. The van der Waals surface area contributed by atoms with Crippen molar-refractivity contribution >= 4 is 23.0 Å². The topological polar surface area (TPSA) is 173 Å². The maximum absolute atomic E-state index is 13.2. The van der Waals surface area contributed by atoms with Gasteiger partial charge in [0.25, 0.3) is 0 Å². The maximum atomic E-state index is 13.2. The largest absolute Gasteiger partial charge is 0.506 e. The third kappa shape index (κ3) is 8.93. The second-order valence-electron chi connectivity index (χ2n) is 14.1. The van der Waals surface area contributed by atoms with Crippen molar-refractivity contribution in [2.45, 2.75) is 69.3 Å². The van der Waals surface area contributed by atoms with Crippen molar-refractivity contribution in [1.82, 2.24) is 20.5 Å². The van der Waals surface area contributed by atoms with Gasteiger partial charge in [0.05, 0.1) is 17.7 Å². The molecule has 3 aliphatic heterocycles. The molecular formula is C40H48N4O8. The number of nitrogens with one attached hydrogen (secondary N) is 3. The summed E-state index contributed by atoms with van der Waals surface area (Å²) in [4.78, 5) is 42.4. The molecule has 1 aromatic heterocycles. The number of hydrogen-bond acceptors (Lipinski definition) is 9. The fourth-order valence-electron chi connectivity index (χ4n) is 7.35. The predicted octanol–water partition coefficient (Wildman–Crippen LogP) is 5.25. The number of ether oxygens (including phenoxy) is 2. The Balaban J connectivity index is 1.02. The molecule has 3 fully saturated rings. The van der Waals surface area contributed by atoms with Gasteiger partial charge in [0.15, 0.2) is 0 Å². The van der Waals surface area contributed by atoms with Crippen molar-refractivity contribution in [3.05, 3.63) is 106 Å². The molecule has 3 aromatic carbocycles. The van der Waals surface area contributed by atoms with Gasteiger partial charge in [-0.15, -0.1) is 0 Å². The predicted molar refractivity (Wildman–Crippen MR) is 196 cm³/mol. The highest BCUT2D eigenvalue weighted by Crippen LogP contribution is 2.32. The SMILES string of the molecule is CC(CCCCCNC[C@H](O)c1ccc(O)c2[nH]c(=O)ccc12)(Oc1cccc(C(NC(=O)O[C@H]2CN3CCC2CC3)c2ccccc2)c1)C(=O)O. The Morgan fingerprint density at radius 3 is 2.48 bits per heavy atom. The molecule has 2 bridgehead atoms. The average Bonchev–Trinajstić information content (AvgIpc) is 3.14. The number of amides is 1. The Morgan fingerprint density at radius 1 is 0.981 bits per heavy atom. The van der Waals surface area contributed by atoms with Crippen molar-refractivity contribution in [1.29, 1.82) is 0 Å². The second kappa shape index (κ2) is 16.6. The van der Waals surface area contributed by atoms with Crippen LogP contribution in [0, 0.1) is 5.92 Å². The highest BCUT2D eigenvalue weighted by atomic mass is 16.6. The van der Waals surface area contributed by atoms with Gasteiger partial charge < -0.3 is 40.4 Å². The number of aromatic hydroxyl groups is 1. The number of rotatable bonds is 16. The molecule has 6 N–H and O–H groups in total. The van der Waals surface area contributed by atoms with E-state index in [9.17, 15) is 29.7 Å². The van der Waals surface area contributed by atoms with Crippen LogP contribution >= 0.6 is 0 Å². The molecule has 3 aliphatic rings. The lowest BCUT2D eigenvalue weighted by molar-refractivity contribution is -0.154. The Hall–Kier alpha value is -4.91. The standard InChI is InChI=1S/C40H48N4O8/c1-40(38(48)49,19-6-3-7-20-41-24-33(46)30-13-15-32(45)37-31(30)14-16-35(47)42-37)52-29-12-8-11-28(23-29)36(27-9-4-2-5-10-27)43-39(50)51-34-25-44-21-17-26(34)18-22-44/h2,4-5,8-16,23,26,33-34,36,41,45-46H,3,6-7,17-22,24-25H2,1H3,(H,42,47)(H,43,50)(H,48,49)/t33-,34-,36?,40?/m0/s1. The first-order valence-electron chi connectivity index (χ1n) is 18.1. The van der Waals surface area contributed by atoms with E-state index in [2.05, 4.69) is 20.5 Å². The van der Waals surface area contributed by atoms with Crippen LogP contribution in [0.5, 0.6) is 11.5 Å². The number of aliphatic hydroxyl groups excluding tert-OH is 1. The number of pyridine rings is 1. The molecule has 52 heavy (non-hydrogen) atoms. The molecule has 4 heterocycles. The normalized spacial score (nSPS) is 20.5. The molecule has 4 atom stereocenters. The summed E-state index contributed by atoms with van der Waals surface area (Å²) in [7, 11) is 0. The zero-order valence-corrected chi connectivity index (χ0v) is 29.4. The molecule has 3 saturated heterocycles.